The maximum atomic E-state index is 12.9. The molecule has 1 N–H and O–H groups in total. The molecule has 0 bridgehead atoms. The number of amides is 1. The molecule has 122 valence electrons. The first-order valence-electron chi connectivity index (χ1n) is 7.85. The first-order valence-corrected chi connectivity index (χ1v) is 8.73. The van der Waals surface area contributed by atoms with Gasteiger partial charge >= 0.3 is 0 Å². The number of carbonyl (C=O) groups is 1. The largest absolute Gasteiger partial charge is 0.342 e. The molecule has 1 aliphatic rings. The Hall–Kier alpha value is -1.95. The number of halogens is 1. The standard InChI is InChI=1S/C17H20FN3OS/c1-12-6-8-21(9-7-12)16(22)10-15-11-23-17(20-15)19-14-4-2-13(18)3-5-14/h2-5,11-12H,6-10H2,1H3,(H,19,20). The monoisotopic (exact) mass is 333 g/mol. The molecule has 6 heteroatoms. The van der Waals surface area contributed by atoms with Gasteiger partial charge in [-0.15, -0.1) is 11.3 Å². The van der Waals surface area contributed by atoms with E-state index in [0.29, 0.717) is 17.5 Å². The number of anilines is 2. The highest BCUT2D eigenvalue weighted by atomic mass is 32.1. The molecule has 2 heterocycles. The van der Waals surface area contributed by atoms with Gasteiger partial charge in [0.15, 0.2) is 5.13 Å². The average Bonchev–Trinajstić information content (AvgIpc) is 2.97. The van der Waals surface area contributed by atoms with Crippen molar-refractivity contribution >= 4 is 28.1 Å². The number of hydrogen-bond donors (Lipinski definition) is 1. The molecule has 2 aromatic rings. The van der Waals surface area contributed by atoms with Crippen molar-refractivity contribution < 1.29 is 9.18 Å². The van der Waals surface area contributed by atoms with Gasteiger partial charge in [0.25, 0.3) is 0 Å². The fraction of sp³-hybridized carbons (Fsp3) is 0.412. The summed E-state index contributed by atoms with van der Waals surface area (Å²) in [6.45, 7) is 3.94. The van der Waals surface area contributed by atoms with Gasteiger partial charge in [0.2, 0.25) is 5.91 Å². The summed E-state index contributed by atoms with van der Waals surface area (Å²) in [5.41, 5.74) is 1.56. The first-order chi connectivity index (χ1) is 11.1. The number of benzene rings is 1. The van der Waals surface area contributed by atoms with E-state index in [-0.39, 0.29) is 11.7 Å². The molecule has 3 rings (SSSR count). The fourth-order valence-electron chi connectivity index (χ4n) is 2.63. The molecule has 1 aromatic heterocycles. The third kappa shape index (κ3) is 4.28. The van der Waals surface area contributed by atoms with Gasteiger partial charge in [-0.1, -0.05) is 6.92 Å². The Morgan fingerprint density at radius 3 is 2.74 bits per heavy atom. The maximum Gasteiger partial charge on any atom is 0.228 e. The molecule has 0 unspecified atom stereocenters. The van der Waals surface area contributed by atoms with Crippen LogP contribution in [-0.4, -0.2) is 28.9 Å². The molecule has 1 aromatic carbocycles. The van der Waals surface area contributed by atoms with E-state index in [1.807, 2.05) is 10.3 Å². The van der Waals surface area contributed by atoms with Crippen LogP contribution in [-0.2, 0) is 11.2 Å². The lowest BCUT2D eigenvalue weighted by atomic mass is 9.99. The summed E-state index contributed by atoms with van der Waals surface area (Å²) in [6.07, 6.45) is 2.51. The van der Waals surface area contributed by atoms with Crippen LogP contribution in [0.2, 0.25) is 0 Å². The molecule has 0 saturated carbocycles. The first kappa shape index (κ1) is 15.9. The number of thiazole rings is 1. The molecule has 23 heavy (non-hydrogen) atoms. The van der Waals surface area contributed by atoms with Crippen LogP contribution in [0.15, 0.2) is 29.6 Å². The zero-order valence-corrected chi connectivity index (χ0v) is 13.9. The van der Waals surface area contributed by atoms with Crippen LogP contribution in [0.3, 0.4) is 0 Å². The van der Waals surface area contributed by atoms with Crippen LogP contribution >= 0.6 is 11.3 Å². The van der Waals surface area contributed by atoms with Crippen molar-refractivity contribution in [2.24, 2.45) is 5.92 Å². The van der Waals surface area contributed by atoms with E-state index in [0.717, 1.165) is 37.3 Å². The SMILES string of the molecule is CC1CCN(C(=O)Cc2csc(Nc3ccc(F)cc3)n2)CC1. The van der Waals surface area contributed by atoms with Gasteiger partial charge in [-0.05, 0) is 43.0 Å². The van der Waals surface area contributed by atoms with E-state index < -0.39 is 0 Å². The molecule has 0 aliphatic carbocycles. The van der Waals surface area contributed by atoms with Crippen LogP contribution in [0.1, 0.15) is 25.5 Å². The van der Waals surface area contributed by atoms with E-state index >= 15 is 0 Å². The van der Waals surface area contributed by atoms with E-state index in [1.165, 1.54) is 23.5 Å². The number of piperidine rings is 1. The fourth-order valence-corrected chi connectivity index (χ4v) is 3.36. The Bertz CT molecular complexity index is 663. The number of nitrogens with one attached hydrogen (secondary N) is 1. The second-order valence-corrected chi connectivity index (χ2v) is 6.87. The molecule has 4 nitrogen and oxygen atoms in total. The predicted molar refractivity (Wildman–Crippen MR) is 90.5 cm³/mol. The minimum atomic E-state index is -0.267. The van der Waals surface area contributed by atoms with Crippen LogP contribution in [0.4, 0.5) is 15.2 Å². The number of hydrogen-bond acceptors (Lipinski definition) is 4. The molecular formula is C17H20FN3OS. The lowest BCUT2D eigenvalue weighted by Gasteiger charge is -2.30. The lowest BCUT2D eigenvalue weighted by molar-refractivity contribution is -0.131. The predicted octanol–water partition coefficient (Wildman–Crippen LogP) is 3.83. The smallest absolute Gasteiger partial charge is 0.228 e. The second kappa shape index (κ2) is 7.08. The maximum absolute atomic E-state index is 12.9. The summed E-state index contributed by atoms with van der Waals surface area (Å²) >= 11 is 1.45. The van der Waals surface area contributed by atoms with Crippen LogP contribution in [0.25, 0.3) is 0 Å². The van der Waals surface area contributed by atoms with Crippen molar-refractivity contribution in [3.8, 4) is 0 Å². The van der Waals surface area contributed by atoms with E-state index in [9.17, 15) is 9.18 Å². The molecule has 0 atom stereocenters. The van der Waals surface area contributed by atoms with Gasteiger partial charge in [0, 0.05) is 24.2 Å². The molecule has 1 amide bonds. The Kier molecular flexibility index (Phi) is 4.91. The Morgan fingerprint density at radius 2 is 2.04 bits per heavy atom. The number of aromatic nitrogens is 1. The van der Waals surface area contributed by atoms with E-state index in [2.05, 4.69) is 17.2 Å². The Morgan fingerprint density at radius 1 is 1.35 bits per heavy atom. The molecule has 0 spiro atoms. The van der Waals surface area contributed by atoms with E-state index in [4.69, 9.17) is 0 Å². The highest BCUT2D eigenvalue weighted by molar-refractivity contribution is 7.13. The van der Waals surface area contributed by atoms with Crippen molar-refractivity contribution in [1.29, 1.82) is 0 Å². The summed E-state index contributed by atoms with van der Waals surface area (Å²) in [5, 5.41) is 5.74. The summed E-state index contributed by atoms with van der Waals surface area (Å²) in [7, 11) is 0. The third-order valence-corrected chi connectivity index (χ3v) is 4.92. The quantitative estimate of drug-likeness (QED) is 0.925. The van der Waals surface area contributed by atoms with Crippen LogP contribution in [0.5, 0.6) is 0 Å². The normalized spacial score (nSPS) is 15.7. The van der Waals surface area contributed by atoms with Gasteiger partial charge in [-0.25, -0.2) is 9.37 Å². The van der Waals surface area contributed by atoms with Crippen molar-refractivity contribution in [3.63, 3.8) is 0 Å². The summed E-state index contributed by atoms with van der Waals surface area (Å²) in [6, 6.07) is 6.13. The van der Waals surface area contributed by atoms with Crippen molar-refractivity contribution in [2.75, 3.05) is 18.4 Å². The number of carbonyl (C=O) groups excluding carboxylic acids is 1. The highest BCUT2D eigenvalue weighted by Gasteiger charge is 2.21. The third-order valence-electron chi connectivity index (χ3n) is 4.12. The molecule has 1 fully saturated rings. The summed E-state index contributed by atoms with van der Waals surface area (Å²) < 4.78 is 12.9. The molecule has 1 aliphatic heterocycles. The van der Waals surface area contributed by atoms with Crippen LogP contribution in [0, 0.1) is 11.7 Å². The minimum Gasteiger partial charge on any atom is -0.342 e. The summed E-state index contributed by atoms with van der Waals surface area (Å²) in [4.78, 5) is 18.7. The summed E-state index contributed by atoms with van der Waals surface area (Å²) in [5.74, 6) is 0.595. The van der Waals surface area contributed by atoms with Gasteiger partial charge in [0.05, 0.1) is 12.1 Å². The van der Waals surface area contributed by atoms with Crippen molar-refractivity contribution in [1.82, 2.24) is 9.88 Å². The minimum absolute atomic E-state index is 0.149. The number of likely N-dealkylation sites (tertiary alicyclic amines) is 1. The van der Waals surface area contributed by atoms with Crippen molar-refractivity contribution in [3.05, 3.63) is 41.2 Å². The topological polar surface area (TPSA) is 45.2 Å². The Labute approximate surface area is 139 Å². The van der Waals surface area contributed by atoms with Gasteiger partial charge < -0.3 is 10.2 Å². The molecule has 1 saturated heterocycles. The van der Waals surface area contributed by atoms with Crippen molar-refractivity contribution in [2.45, 2.75) is 26.2 Å². The number of rotatable bonds is 4. The van der Waals surface area contributed by atoms with Gasteiger partial charge in [0.1, 0.15) is 5.82 Å². The second-order valence-electron chi connectivity index (χ2n) is 6.02. The van der Waals surface area contributed by atoms with Crippen LogP contribution < -0.4 is 5.32 Å². The zero-order chi connectivity index (χ0) is 16.2. The van der Waals surface area contributed by atoms with E-state index in [1.54, 1.807) is 12.1 Å². The zero-order valence-electron chi connectivity index (χ0n) is 13.1. The lowest BCUT2D eigenvalue weighted by Crippen LogP contribution is -2.38. The Balaban J connectivity index is 1.56. The average molecular weight is 333 g/mol. The number of nitrogens with zero attached hydrogens (tertiary/aromatic N) is 2. The molecular weight excluding hydrogens is 313 g/mol. The molecule has 0 radical (unpaired) electrons. The van der Waals surface area contributed by atoms with Gasteiger partial charge in [-0.3, -0.25) is 4.79 Å². The van der Waals surface area contributed by atoms with Gasteiger partial charge in [-0.2, -0.15) is 0 Å². The highest BCUT2D eigenvalue weighted by Crippen LogP contribution is 2.22.